The molecule has 0 aliphatic carbocycles. The molecule has 1 saturated heterocycles. The van der Waals surface area contributed by atoms with E-state index >= 15 is 0 Å². The summed E-state index contributed by atoms with van der Waals surface area (Å²) in [4.78, 5) is 8.95. The molecule has 9 heteroatoms. The lowest BCUT2D eigenvalue weighted by Crippen LogP contribution is -2.27. The number of hydrogen-bond acceptors (Lipinski definition) is 8. The highest BCUT2D eigenvalue weighted by Crippen LogP contribution is 2.41. The van der Waals surface area contributed by atoms with E-state index in [0.29, 0.717) is 23.0 Å². The molecular weight excluding hydrogens is 486 g/mol. The maximum atomic E-state index is 13.1. The number of nitrogen functional groups attached to an aromatic ring is 1. The molecule has 0 saturated carbocycles. The lowest BCUT2D eigenvalue weighted by molar-refractivity contribution is 0.243. The third kappa shape index (κ3) is 5.88. The number of nitrogens with one attached hydrogen (secondary N) is 2. The van der Waals surface area contributed by atoms with Gasteiger partial charge in [-0.05, 0) is 102 Å². The number of nitrogens with two attached hydrogens (primary N) is 1. The number of ether oxygens (including phenoxy) is 1. The van der Waals surface area contributed by atoms with Crippen molar-refractivity contribution in [2.24, 2.45) is 0 Å². The lowest BCUT2D eigenvalue weighted by Gasteiger charge is -2.26. The van der Waals surface area contributed by atoms with Crippen molar-refractivity contribution < 1.29 is 13.2 Å². The zero-order valence-corrected chi connectivity index (χ0v) is 23.0. The van der Waals surface area contributed by atoms with Crippen molar-refractivity contribution in [3.63, 3.8) is 0 Å². The smallest absolute Gasteiger partial charge is 0.221 e. The molecule has 1 aromatic heterocycles. The molecule has 0 amide bonds. The Balaban J connectivity index is 1.84. The first-order valence-electron chi connectivity index (χ1n) is 12.8. The Kier molecular flexibility index (Phi) is 8.04. The Morgan fingerprint density at radius 3 is 2.46 bits per heavy atom. The van der Waals surface area contributed by atoms with Crippen LogP contribution in [0.15, 0.2) is 47.5 Å². The number of para-hydroxylation sites is 1. The molecule has 4 rings (SSSR count). The summed E-state index contributed by atoms with van der Waals surface area (Å²) in [5, 5.41) is 6.11. The maximum Gasteiger partial charge on any atom is 0.221 e. The van der Waals surface area contributed by atoms with Gasteiger partial charge < -0.3 is 21.1 Å². The van der Waals surface area contributed by atoms with Crippen molar-refractivity contribution in [2.45, 2.75) is 69.6 Å². The van der Waals surface area contributed by atoms with Gasteiger partial charge in [0.2, 0.25) is 5.95 Å². The number of anilines is 3. The SMILES string of the molecule is Cc1cc(-c2cnc(N)nc2Nc2ccccc2S(=O)(=O)C(C)C)c(OC(C)C)cc1C1CCNCC1. The van der Waals surface area contributed by atoms with Crippen LogP contribution in [-0.2, 0) is 9.84 Å². The van der Waals surface area contributed by atoms with Gasteiger partial charge in [0.05, 0.1) is 21.9 Å². The minimum atomic E-state index is -3.53. The van der Waals surface area contributed by atoms with Crippen LogP contribution in [0.2, 0.25) is 0 Å². The third-order valence-corrected chi connectivity index (χ3v) is 8.88. The molecule has 2 heterocycles. The van der Waals surface area contributed by atoms with E-state index in [1.165, 1.54) is 11.1 Å². The van der Waals surface area contributed by atoms with Gasteiger partial charge in [-0.2, -0.15) is 4.98 Å². The van der Waals surface area contributed by atoms with Crippen LogP contribution in [0.5, 0.6) is 5.75 Å². The first-order chi connectivity index (χ1) is 17.6. The summed E-state index contributed by atoms with van der Waals surface area (Å²) >= 11 is 0. The second-order valence-electron chi connectivity index (χ2n) is 10.1. The minimum absolute atomic E-state index is 0.0367. The fourth-order valence-electron chi connectivity index (χ4n) is 4.73. The first kappa shape index (κ1) is 26.9. The highest BCUT2D eigenvalue weighted by atomic mass is 32.2. The molecule has 2 aromatic carbocycles. The molecule has 37 heavy (non-hydrogen) atoms. The summed E-state index contributed by atoms with van der Waals surface area (Å²) in [5.41, 5.74) is 10.4. The second kappa shape index (κ2) is 11.1. The summed E-state index contributed by atoms with van der Waals surface area (Å²) in [6, 6.07) is 11.1. The molecule has 0 bridgehead atoms. The molecule has 8 nitrogen and oxygen atoms in total. The molecule has 0 radical (unpaired) electrons. The molecular formula is C28H37N5O3S. The van der Waals surface area contributed by atoms with Crippen LogP contribution in [0.3, 0.4) is 0 Å². The monoisotopic (exact) mass is 523 g/mol. The normalized spacial score (nSPS) is 14.8. The van der Waals surface area contributed by atoms with Gasteiger partial charge >= 0.3 is 0 Å². The summed E-state index contributed by atoms with van der Waals surface area (Å²) < 4.78 is 32.4. The fourth-order valence-corrected chi connectivity index (χ4v) is 5.93. The number of rotatable bonds is 8. The molecule has 1 fully saturated rings. The third-order valence-electron chi connectivity index (χ3n) is 6.67. The largest absolute Gasteiger partial charge is 0.490 e. The predicted octanol–water partition coefficient (Wildman–Crippen LogP) is 5.21. The number of sulfone groups is 1. The Morgan fingerprint density at radius 2 is 1.78 bits per heavy atom. The van der Waals surface area contributed by atoms with Crippen LogP contribution in [0.4, 0.5) is 17.5 Å². The van der Waals surface area contributed by atoms with E-state index in [1.54, 1.807) is 44.3 Å². The van der Waals surface area contributed by atoms with E-state index in [0.717, 1.165) is 37.2 Å². The van der Waals surface area contributed by atoms with Gasteiger partial charge in [0, 0.05) is 17.3 Å². The predicted molar refractivity (Wildman–Crippen MR) is 149 cm³/mol. The first-order valence-corrected chi connectivity index (χ1v) is 14.4. The van der Waals surface area contributed by atoms with Gasteiger partial charge in [0.1, 0.15) is 11.6 Å². The van der Waals surface area contributed by atoms with Gasteiger partial charge in [-0.1, -0.05) is 12.1 Å². The summed E-state index contributed by atoms with van der Waals surface area (Å²) in [7, 11) is -3.53. The fraction of sp³-hybridized carbons (Fsp3) is 0.429. The summed E-state index contributed by atoms with van der Waals surface area (Å²) in [5.74, 6) is 1.72. The quantitative estimate of drug-likeness (QED) is 0.368. The molecule has 0 atom stereocenters. The van der Waals surface area contributed by atoms with Crippen molar-refractivity contribution in [2.75, 3.05) is 24.1 Å². The van der Waals surface area contributed by atoms with E-state index in [9.17, 15) is 8.42 Å². The number of piperidine rings is 1. The van der Waals surface area contributed by atoms with Crippen LogP contribution >= 0.6 is 0 Å². The molecule has 3 aromatic rings. The summed E-state index contributed by atoms with van der Waals surface area (Å²) in [6.45, 7) is 11.5. The van der Waals surface area contributed by atoms with Crippen molar-refractivity contribution in [3.05, 3.63) is 53.7 Å². The van der Waals surface area contributed by atoms with Crippen LogP contribution < -0.4 is 21.1 Å². The maximum absolute atomic E-state index is 13.1. The van der Waals surface area contributed by atoms with Crippen molar-refractivity contribution in [1.29, 1.82) is 0 Å². The van der Waals surface area contributed by atoms with E-state index < -0.39 is 15.1 Å². The Hall–Kier alpha value is -3.17. The number of nitrogens with zero attached hydrogens (tertiary/aromatic N) is 2. The van der Waals surface area contributed by atoms with E-state index in [2.05, 4.69) is 39.7 Å². The van der Waals surface area contributed by atoms with E-state index in [4.69, 9.17) is 10.5 Å². The molecule has 4 N–H and O–H groups in total. The molecule has 1 aliphatic heterocycles. The van der Waals surface area contributed by atoms with Gasteiger partial charge in [-0.25, -0.2) is 13.4 Å². The van der Waals surface area contributed by atoms with Crippen molar-refractivity contribution in [3.8, 4) is 16.9 Å². The van der Waals surface area contributed by atoms with Crippen LogP contribution in [0.25, 0.3) is 11.1 Å². The Morgan fingerprint density at radius 1 is 1.08 bits per heavy atom. The standard InChI is InChI=1S/C28H37N5O3S/c1-17(2)36-25-15-21(20-10-12-30-13-11-20)19(5)14-22(25)23-16-31-28(29)33-27(23)32-24-8-6-7-9-26(24)37(34,35)18(3)4/h6-9,14-18,20,30H,10-13H2,1-5H3,(H3,29,31,32,33). The van der Waals surface area contributed by atoms with Gasteiger partial charge in [-0.3, -0.25) is 0 Å². The molecule has 198 valence electrons. The van der Waals surface area contributed by atoms with Crippen molar-refractivity contribution in [1.82, 2.24) is 15.3 Å². The van der Waals surface area contributed by atoms with Gasteiger partial charge in [-0.15, -0.1) is 0 Å². The number of aryl methyl sites for hydroxylation is 1. The highest BCUT2D eigenvalue weighted by molar-refractivity contribution is 7.92. The average Bonchev–Trinajstić information content (AvgIpc) is 2.85. The summed E-state index contributed by atoms with van der Waals surface area (Å²) in [6.07, 6.45) is 3.79. The molecule has 0 spiro atoms. The highest BCUT2D eigenvalue weighted by Gasteiger charge is 2.25. The minimum Gasteiger partial charge on any atom is -0.490 e. The number of aromatic nitrogens is 2. The zero-order valence-electron chi connectivity index (χ0n) is 22.2. The number of benzene rings is 2. The van der Waals surface area contributed by atoms with Crippen molar-refractivity contribution >= 4 is 27.3 Å². The Labute approximate surface area is 220 Å². The van der Waals surface area contributed by atoms with Crippen LogP contribution in [-0.4, -0.2) is 42.8 Å². The lowest BCUT2D eigenvalue weighted by atomic mass is 9.86. The topological polar surface area (TPSA) is 119 Å². The average molecular weight is 524 g/mol. The second-order valence-corrected chi connectivity index (χ2v) is 12.6. The van der Waals surface area contributed by atoms with Crippen LogP contribution in [0, 0.1) is 6.92 Å². The molecule has 0 unspecified atom stereocenters. The van der Waals surface area contributed by atoms with E-state index in [1.807, 2.05) is 13.8 Å². The number of hydrogen-bond donors (Lipinski definition) is 3. The van der Waals surface area contributed by atoms with E-state index in [-0.39, 0.29) is 16.9 Å². The zero-order chi connectivity index (χ0) is 26.7. The van der Waals surface area contributed by atoms with Gasteiger partial charge in [0.15, 0.2) is 9.84 Å². The van der Waals surface area contributed by atoms with Crippen LogP contribution in [0.1, 0.15) is 57.6 Å². The molecule has 1 aliphatic rings. The Bertz CT molecular complexity index is 1370. The van der Waals surface area contributed by atoms with Gasteiger partial charge in [0.25, 0.3) is 0 Å².